The van der Waals surface area contributed by atoms with E-state index in [1.54, 1.807) is 0 Å². The lowest BCUT2D eigenvalue weighted by Gasteiger charge is -2.13. The van der Waals surface area contributed by atoms with Gasteiger partial charge >= 0.3 is 0 Å². The van der Waals surface area contributed by atoms with Crippen molar-refractivity contribution in [2.45, 2.75) is 45.7 Å². The van der Waals surface area contributed by atoms with E-state index in [1.807, 2.05) is 0 Å². The molecular formula is C14H21N. The lowest BCUT2D eigenvalue weighted by Crippen LogP contribution is -2.26. The first-order valence-corrected chi connectivity index (χ1v) is 6.03. The highest BCUT2D eigenvalue weighted by Gasteiger charge is 2.20. The van der Waals surface area contributed by atoms with Crippen LogP contribution < -0.4 is 5.32 Å². The van der Waals surface area contributed by atoms with Crippen molar-refractivity contribution < 1.29 is 0 Å². The van der Waals surface area contributed by atoms with Crippen molar-refractivity contribution >= 4 is 0 Å². The van der Waals surface area contributed by atoms with Crippen LogP contribution in [0.1, 0.15) is 37.3 Å². The molecule has 1 aromatic carbocycles. The first-order valence-electron chi connectivity index (χ1n) is 6.03. The molecule has 0 aromatic heterocycles. The summed E-state index contributed by atoms with van der Waals surface area (Å²) in [5.74, 6) is 0.916. The van der Waals surface area contributed by atoms with Gasteiger partial charge in [0, 0.05) is 12.6 Å². The molecule has 1 aliphatic carbocycles. The maximum Gasteiger partial charge on any atom is 0.0210 e. The molecule has 0 saturated heterocycles. The summed E-state index contributed by atoms with van der Waals surface area (Å²) in [5.41, 5.74) is 2.84. The van der Waals surface area contributed by atoms with E-state index in [2.05, 4.69) is 43.4 Å². The summed E-state index contributed by atoms with van der Waals surface area (Å²) in [7, 11) is 0. The van der Waals surface area contributed by atoms with Gasteiger partial charge in [0.25, 0.3) is 0 Å². The van der Waals surface area contributed by atoms with Gasteiger partial charge in [0.2, 0.25) is 0 Å². The van der Waals surface area contributed by atoms with Crippen molar-refractivity contribution in [3.8, 4) is 0 Å². The van der Waals surface area contributed by atoms with Crippen LogP contribution in [0.15, 0.2) is 24.3 Å². The molecule has 2 atom stereocenters. The zero-order valence-electron chi connectivity index (χ0n) is 9.79. The third-order valence-electron chi connectivity index (χ3n) is 3.54. The predicted octanol–water partition coefficient (Wildman–Crippen LogP) is 3.27. The Labute approximate surface area is 92.9 Å². The quantitative estimate of drug-likeness (QED) is 0.795. The van der Waals surface area contributed by atoms with Crippen LogP contribution in [0, 0.1) is 12.8 Å². The van der Waals surface area contributed by atoms with Gasteiger partial charge in [-0.05, 0) is 43.2 Å². The molecule has 1 heteroatoms. The van der Waals surface area contributed by atoms with Crippen molar-refractivity contribution in [1.82, 2.24) is 5.32 Å². The van der Waals surface area contributed by atoms with Gasteiger partial charge in [-0.15, -0.1) is 0 Å². The monoisotopic (exact) mass is 203 g/mol. The van der Waals surface area contributed by atoms with E-state index >= 15 is 0 Å². The molecule has 0 spiro atoms. The largest absolute Gasteiger partial charge is 0.310 e. The zero-order valence-corrected chi connectivity index (χ0v) is 9.79. The van der Waals surface area contributed by atoms with E-state index in [-0.39, 0.29) is 0 Å². The molecule has 0 bridgehead atoms. The number of aryl methyl sites for hydroxylation is 1. The molecule has 0 heterocycles. The fraction of sp³-hybridized carbons (Fsp3) is 0.571. The van der Waals surface area contributed by atoms with Gasteiger partial charge in [-0.2, -0.15) is 0 Å². The summed E-state index contributed by atoms with van der Waals surface area (Å²) in [5, 5.41) is 3.67. The fourth-order valence-electron chi connectivity index (χ4n) is 2.46. The SMILES string of the molecule is Cc1ccccc1CN[C@H]1CC[C@H](C)C1. The summed E-state index contributed by atoms with van der Waals surface area (Å²) >= 11 is 0. The number of benzene rings is 1. The van der Waals surface area contributed by atoms with E-state index in [4.69, 9.17) is 0 Å². The molecule has 1 aliphatic rings. The van der Waals surface area contributed by atoms with Crippen LogP contribution in [0.25, 0.3) is 0 Å². The lowest BCUT2D eigenvalue weighted by molar-refractivity contribution is 0.501. The first kappa shape index (κ1) is 10.7. The first-order chi connectivity index (χ1) is 7.25. The fourth-order valence-corrected chi connectivity index (χ4v) is 2.46. The Morgan fingerprint density at radius 1 is 1.27 bits per heavy atom. The number of hydrogen-bond acceptors (Lipinski definition) is 1. The van der Waals surface area contributed by atoms with E-state index in [9.17, 15) is 0 Å². The van der Waals surface area contributed by atoms with Crippen molar-refractivity contribution in [3.63, 3.8) is 0 Å². The molecule has 1 fully saturated rings. The van der Waals surface area contributed by atoms with Crippen molar-refractivity contribution in [2.75, 3.05) is 0 Å². The highest BCUT2D eigenvalue weighted by atomic mass is 14.9. The van der Waals surface area contributed by atoms with Crippen molar-refractivity contribution in [3.05, 3.63) is 35.4 Å². The van der Waals surface area contributed by atoms with Crippen LogP contribution in [-0.2, 0) is 6.54 Å². The van der Waals surface area contributed by atoms with Crippen LogP contribution in [0.3, 0.4) is 0 Å². The summed E-state index contributed by atoms with van der Waals surface area (Å²) in [6.07, 6.45) is 4.10. The lowest BCUT2D eigenvalue weighted by atomic mass is 10.1. The highest BCUT2D eigenvalue weighted by molar-refractivity contribution is 5.25. The van der Waals surface area contributed by atoms with Gasteiger partial charge < -0.3 is 5.32 Å². The Kier molecular flexibility index (Phi) is 3.42. The Bertz CT molecular complexity index is 319. The molecule has 1 aromatic rings. The van der Waals surface area contributed by atoms with Gasteiger partial charge in [-0.3, -0.25) is 0 Å². The van der Waals surface area contributed by atoms with Crippen molar-refractivity contribution in [1.29, 1.82) is 0 Å². The van der Waals surface area contributed by atoms with Gasteiger partial charge in [0.1, 0.15) is 0 Å². The van der Waals surface area contributed by atoms with Gasteiger partial charge in [0.05, 0.1) is 0 Å². The maximum atomic E-state index is 3.67. The minimum Gasteiger partial charge on any atom is -0.310 e. The van der Waals surface area contributed by atoms with Crippen LogP contribution in [0.2, 0.25) is 0 Å². The Balaban J connectivity index is 1.86. The average molecular weight is 203 g/mol. The number of nitrogens with one attached hydrogen (secondary N) is 1. The molecule has 0 aliphatic heterocycles. The molecule has 1 nitrogen and oxygen atoms in total. The minimum absolute atomic E-state index is 0.750. The van der Waals surface area contributed by atoms with Crippen LogP contribution >= 0.6 is 0 Å². The molecule has 15 heavy (non-hydrogen) atoms. The summed E-state index contributed by atoms with van der Waals surface area (Å²) in [4.78, 5) is 0. The van der Waals surface area contributed by atoms with E-state index in [0.717, 1.165) is 18.5 Å². The highest BCUT2D eigenvalue weighted by Crippen LogP contribution is 2.24. The third kappa shape index (κ3) is 2.82. The Hall–Kier alpha value is -0.820. The second-order valence-corrected chi connectivity index (χ2v) is 4.92. The molecule has 82 valence electrons. The number of hydrogen-bond donors (Lipinski definition) is 1. The summed E-state index contributed by atoms with van der Waals surface area (Å²) in [6.45, 7) is 5.58. The van der Waals surface area contributed by atoms with Crippen LogP contribution in [0.5, 0.6) is 0 Å². The third-order valence-corrected chi connectivity index (χ3v) is 3.54. The zero-order chi connectivity index (χ0) is 10.7. The second-order valence-electron chi connectivity index (χ2n) is 4.92. The van der Waals surface area contributed by atoms with E-state index in [0.29, 0.717) is 0 Å². The summed E-state index contributed by atoms with van der Waals surface area (Å²) < 4.78 is 0. The minimum atomic E-state index is 0.750. The molecule has 0 amide bonds. The van der Waals surface area contributed by atoms with Gasteiger partial charge in [-0.1, -0.05) is 31.2 Å². The smallest absolute Gasteiger partial charge is 0.0210 e. The van der Waals surface area contributed by atoms with Crippen LogP contribution in [0.4, 0.5) is 0 Å². The Morgan fingerprint density at radius 3 is 2.73 bits per heavy atom. The molecule has 1 N–H and O–H groups in total. The number of rotatable bonds is 3. The van der Waals surface area contributed by atoms with E-state index in [1.165, 1.54) is 30.4 Å². The van der Waals surface area contributed by atoms with Crippen molar-refractivity contribution in [2.24, 2.45) is 5.92 Å². The normalized spacial score (nSPS) is 25.7. The molecule has 2 rings (SSSR count). The van der Waals surface area contributed by atoms with Gasteiger partial charge in [0.15, 0.2) is 0 Å². The molecule has 0 unspecified atom stereocenters. The topological polar surface area (TPSA) is 12.0 Å². The predicted molar refractivity (Wildman–Crippen MR) is 64.8 cm³/mol. The standard InChI is InChI=1S/C14H21N/c1-11-7-8-14(9-11)15-10-13-6-4-3-5-12(13)2/h3-6,11,14-15H,7-10H2,1-2H3/t11-,14-/m0/s1. The second kappa shape index (κ2) is 4.80. The Morgan fingerprint density at radius 2 is 2.07 bits per heavy atom. The molecular weight excluding hydrogens is 182 g/mol. The average Bonchev–Trinajstić information content (AvgIpc) is 2.63. The molecule has 1 saturated carbocycles. The van der Waals surface area contributed by atoms with Gasteiger partial charge in [-0.25, -0.2) is 0 Å². The van der Waals surface area contributed by atoms with E-state index < -0.39 is 0 Å². The summed E-state index contributed by atoms with van der Waals surface area (Å²) in [6, 6.07) is 9.40. The van der Waals surface area contributed by atoms with Crippen LogP contribution in [-0.4, -0.2) is 6.04 Å². The maximum absolute atomic E-state index is 3.67. The molecule has 0 radical (unpaired) electrons.